The maximum atomic E-state index is 11.8. The molecule has 0 aliphatic rings. The second-order valence-corrected chi connectivity index (χ2v) is 5.78. The molecule has 22 heavy (non-hydrogen) atoms. The summed E-state index contributed by atoms with van der Waals surface area (Å²) in [4.78, 5) is 22.0. The van der Waals surface area contributed by atoms with Crippen LogP contribution in [0.15, 0.2) is 30.3 Å². The van der Waals surface area contributed by atoms with Crippen LogP contribution in [0.3, 0.4) is 0 Å². The molecule has 0 saturated carbocycles. The molecule has 0 atom stereocenters. The fraction of sp³-hybridized carbons (Fsp3) is 0.214. The largest absolute Gasteiger partial charge is 0.297 e. The third-order valence-electron chi connectivity index (χ3n) is 2.67. The lowest BCUT2D eigenvalue weighted by atomic mass is 10.2. The van der Waals surface area contributed by atoms with Gasteiger partial charge in [0.25, 0.3) is 5.69 Å². The van der Waals surface area contributed by atoms with Gasteiger partial charge in [-0.1, -0.05) is 37.3 Å². The highest BCUT2D eigenvalue weighted by Gasteiger charge is 2.09. The van der Waals surface area contributed by atoms with Crippen LogP contribution in [0.25, 0.3) is 6.08 Å². The first-order chi connectivity index (χ1) is 10.5. The molecular weight excluding hydrogens is 304 g/mol. The fourth-order valence-electron chi connectivity index (χ4n) is 1.58. The van der Waals surface area contributed by atoms with Crippen molar-refractivity contribution in [1.82, 2.24) is 10.2 Å². The van der Waals surface area contributed by atoms with Gasteiger partial charge >= 0.3 is 0 Å². The van der Waals surface area contributed by atoms with E-state index in [1.165, 1.54) is 35.6 Å². The summed E-state index contributed by atoms with van der Waals surface area (Å²) in [5.41, 5.74) is 0.553. The van der Waals surface area contributed by atoms with Gasteiger partial charge in [-0.25, -0.2) is 0 Å². The molecule has 2 aromatic rings. The number of rotatable bonds is 5. The number of carbonyl (C=O) groups is 1. The number of nitro benzene ring substituents is 1. The SMILES string of the molecule is CC(C)c1nnc(NC(=O)/C=C/c2cccc([N+](=O)[O-])c2)s1. The Morgan fingerprint density at radius 2 is 2.18 bits per heavy atom. The van der Waals surface area contributed by atoms with Crippen molar-refractivity contribution in [3.05, 3.63) is 51.0 Å². The summed E-state index contributed by atoms with van der Waals surface area (Å²) in [6.07, 6.45) is 2.81. The molecule has 0 unspecified atom stereocenters. The minimum Gasteiger partial charge on any atom is -0.297 e. The fourth-order valence-corrected chi connectivity index (χ4v) is 2.33. The molecule has 0 radical (unpaired) electrons. The van der Waals surface area contributed by atoms with Crippen molar-refractivity contribution < 1.29 is 9.72 Å². The van der Waals surface area contributed by atoms with Gasteiger partial charge in [0, 0.05) is 24.1 Å². The van der Waals surface area contributed by atoms with Crippen LogP contribution in [0.1, 0.15) is 30.3 Å². The molecule has 1 aromatic carbocycles. The van der Waals surface area contributed by atoms with E-state index in [0.29, 0.717) is 10.7 Å². The van der Waals surface area contributed by atoms with Gasteiger partial charge in [0.2, 0.25) is 11.0 Å². The number of amides is 1. The summed E-state index contributed by atoms with van der Waals surface area (Å²) in [7, 11) is 0. The van der Waals surface area contributed by atoms with Crippen LogP contribution >= 0.6 is 11.3 Å². The number of carbonyl (C=O) groups excluding carboxylic acids is 1. The van der Waals surface area contributed by atoms with Crippen LogP contribution in [0.4, 0.5) is 10.8 Å². The number of nitro groups is 1. The molecule has 114 valence electrons. The van der Waals surface area contributed by atoms with Crippen molar-refractivity contribution in [3.63, 3.8) is 0 Å². The van der Waals surface area contributed by atoms with Crippen molar-refractivity contribution >= 4 is 34.1 Å². The van der Waals surface area contributed by atoms with Crippen LogP contribution in [-0.2, 0) is 4.79 Å². The standard InChI is InChI=1S/C14H14N4O3S/c1-9(2)13-16-17-14(22-13)15-12(19)7-6-10-4-3-5-11(8-10)18(20)21/h3-9H,1-2H3,(H,15,17,19)/b7-6+. The summed E-state index contributed by atoms with van der Waals surface area (Å²) in [5.74, 6) is -0.110. The molecule has 2 rings (SSSR count). The Bertz CT molecular complexity index is 724. The summed E-state index contributed by atoms with van der Waals surface area (Å²) in [6.45, 7) is 3.99. The van der Waals surface area contributed by atoms with Gasteiger partial charge in [0.1, 0.15) is 5.01 Å². The number of anilines is 1. The van der Waals surface area contributed by atoms with Crippen LogP contribution < -0.4 is 5.32 Å². The predicted molar refractivity (Wildman–Crippen MR) is 84.8 cm³/mol. The Kier molecular flexibility index (Phi) is 4.95. The van der Waals surface area contributed by atoms with Gasteiger partial charge in [-0.2, -0.15) is 0 Å². The Labute approximate surface area is 130 Å². The number of benzene rings is 1. The summed E-state index contributed by atoms with van der Waals surface area (Å²) >= 11 is 1.32. The number of non-ortho nitro benzene ring substituents is 1. The molecule has 0 fully saturated rings. The molecule has 0 saturated heterocycles. The van der Waals surface area contributed by atoms with E-state index in [4.69, 9.17) is 0 Å². The van der Waals surface area contributed by atoms with Crippen molar-refractivity contribution in [2.45, 2.75) is 19.8 Å². The van der Waals surface area contributed by atoms with Crippen molar-refractivity contribution in [1.29, 1.82) is 0 Å². The third kappa shape index (κ3) is 4.19. The number of aromatic nitrogens is 2. The predicted octanol–water partition coefficient (Wildman–Crippen LogP) is 3.22. The second kappa shape index (κ2) is 6.90. The molecule has 0 bridgehead atoms. The first-order valence-corrected chi connectivity index (χ1v) is 7.34. The minimum atomic E-state index is -0.480. The molecule has 1 amide bonds. The van der Waals surface area contributed by atoms with Gasteiger partial charge < -0.3 is 0 Å². The zero-order chi connectivity index (χ0) is 16.1. The van der Waals surface area contributed by atoms with Crippen LogP contribution in [0, 0.1) is 10.1 Å². The summed E-state index contributed by atoms with van der Waals surface area (Å²) in [6, 6.07) is 6.03. The monoisotopic (exact) mass is 318 g/mol. The summed E-state index contributed by atoms with van der Waals surface area (Å²) < 4.78 is 0. The Hall–Kier alpha value is -2.61. The van der Waals surface area contributed by atoms with Crippen LogP contribution in [0.5, 0.6) is 0 Å². The zero-order valence-corrected chi connectivity index (χ0v) is 12.8. The van der Waals surface area contributed by atoms with E-state index in [1.807, 2.05) is 13.8 Å². The van der Waals surface area contributed by atoms with Gasteiger partial charge in [-0.3, -0.25) is 20.2 Å². The minimum absolute atomic E-state index is 0.0201. The lowest BCUT2D eigenvalue weighted by Crippen LogP contribution is -2.07. The maximum absolute atomic E-state index is 11.8. The average molecular weight is 318 g/mol. The molecule has 1 aromatic heterocycles. The van der Waals surface area contributed by atoms with Crippen LogP contribution in [-0.4, -0.2) is 21.0 Å². The lowest BCUT2D eigenvalue weighted by molar-refractivity contribution is -0.384. The van der Waals surface area contributed by atoms with Gasteiger partial charge in [-0.15, -0.1) is 10.2 Å². The number of nitrogens with one attached hydrogen (secondary N) is 1. The van der Waals surface area contributed by atoms with E-state index in [9.17, 15) is 14.9 Å². The lowest BCUT2D eigenvalue weighted by Gasteiger charge is -1.96. The Morgan fingerprint density at radius 1 is 1.41 bits per heavy atom. The topological polar surface area (TPSA) is 98.0 Å². The normalized spacial score (nSPS) is 11.0. The molecule has 0 aliphatic heterocycles. The molecule has 1 heterocycles. The van der Waals surface area contributed by atoms with E-state index < -0.39 is 4.92 Å². The molecule has 0 aliphatic carbocycles. The summed E-state index contributed by atoms with van der Waals surface area (Å²) in [5, 5.41) is 22.4. The first kappa shape index (κ1) is 15.8. The van der Waals surface area contributed by atoms with E-state index in [2.05, 4.69) is 15.5 Å². The van der Waals surface area contributed by atoms with Crippen molar-refractivity contribution in [2.24, 2.45) is 0 Å². The Balaban J connectivity index is 2.01. The number of hydrogen-bond acceptors (Lipinski definition) is 6. The van der Waals surface area contributed by atoms with Gasteiger partial charge in [-0.05, 0) is 11.6 Å². The third-order valence-corrected chi connectivity index (χ3v) is 3.81. The zero-order valence-electron chi connectivity index (χ0n) is 12.0. The number of hydrogen-bond donors (Lipinski definition) is 1. The van der Waals surface area contributed by atoms with E-state index in [-0.39, 0.29) is 17.5 Å². The van der Waals surface area contributed by atoms with E-state index in [1.54, 1.807) is 12.1 Å². The second-order valence-electron chi connectivity index (χ2n) is 4.77. The molecular formula is C14H14N4O3S. The average Bonchev–Trinajstić information content (AvgIpc) is 2.94. The highest BCUT2D eigenvalue weighted by molar-refractivity contribution is 7.15. The highest BCUT2D eigenvalue weighted by atomic mass is 32.1. The Morgan fingerprint density at radius 3 is 2.82 bits per heavy atom. The van der Waals surface area contributed by atoms with Crippen molar-refractivity contribution in [2.75, 3.05) is 5.32 Å². The van der Waals surface area contributed by atoms with Gasteiger partial charge in [0.15, 0.2) is 0 Å². The highest BCUT2D eigenvalue weighted by Crippen LogP contribution is 2.22. The smallest absolute Gasteiger partial charge is 0.270 e. The van der Waals surface area contributed by atoms with Crippen LogP contribution in [0.2, 0.25) is 0 Å². The van der Waals surface area contributed by atoms with Gasteiger partial charge in [0.05, 0.1) is 4.92 Å². The van der Waals surface area contributed by atoms with E-state index >= 15 is 0 Å². The first-order valence-electron chi connectivity index (χ1n) is 6.52. The quantitative estimate of drug-likeness (QED) is 0.518. The molecule has 8 heteroatoms. The molecule has 1 N–H and O–H groups in total. The number of nitrogens with zero attached hydrogens (tertiary/aromatic N) is 3. The maximum Gasteiger partial charge on any atom is 0.270 e. The van der Waals surface area contributed by atoms with E-state index in [0.717, 1.165) is 5.01 Å². The molecule has 0 spiro atoms. The van der Waals surface area contributed by atoms with Crippen molar-refractivity contribution in [3.8, 4) is 0 Å². The molecule has 7 nitrogen and oxygen atoms in total.